The Morgan fingerprint density at radius 2 is 2.39 bits per heavy atom. The Hall–Kier alpha value is -1.47. The molecule has 18 heavy (non-hydrogen) atoms. The third-order valence-electron chi connectivity index (χ3n) is 2.10. The van der Waals surface area contributed by atoms with Crippen LogP contribution >= 0.6 is 23.3 Å². The van der Waals surface area contributed by atoms with E-state index in [0.29, 0.717) is 5.03 Å². The van der Waals surface area contributed by atoms with Gasteiger partial charge in [0, 0.05) is 12.6 Å². The number of carboxylic acids is 1. The lowest BCUT2D eigenvalue weighted by atomic mass is 10.3. The van der Waals surface area contributed by atoms with Gasteiger partial charge < -0.3 is 5.11 Å². The fourth-order valence-electron chi connectivity index (χ4n) is 1.29. The van der Waals surface area contributed by atoms with E-state index in [-0.39, 0.29) is 5.56 Å². The van der Waals surface area contributed by atoms with Crippen molar-refractivity contribution in [1.29, 1.82) is 0 Å². The minimum atomic E-state index is -0.955. The van der Waals surface area contributed by atoms with Crippen LogP contribution in [0.1, 0.15) is 29.5 Å². The van der Waals surface area contributed by atoms with Crippen molar-refractivity contribution in [2.75, 3.05) is 0 Å². The summed E-state index contributed by atoms with van der Waals surface area (Å²) in [6, 6.07) is 3.00. The van der Waals surface area contributed by atoms with Crippen LogP contribution in [0.25, 0.3) is 0 Å². The lowest BCUT2D eigenvalue weighted by Crippen LogP contribution is -1.96. The Bertz CT molecular complexity index is 557. The fraction of sp³-hybridized carbons (Fsp3) is 0.273. The van der Waals surface area contributed by atoms with Crippen LogP contribution in [0.2, 0.25) is 0 Å². The van der Waals surface area contributed by atoms with Crippen molar-refractivity contribution < 1.29 is 9.90 Å². The van der Waals surface area contributed by atoms with Gasteiger partial charge in [-0.3, -0.25) is 0 Å². The molecule has 0 radical (unpaired) electrons. The molecule has 2 aromatic heterocycles. The summed E-state index contributed by atoms with van der Waals surface area (Å²) in [5, 5.41) is 9.51. The van der Waals surface area contributed by atoms with Gasteiger partial charge in [0.1, 0.15) is 10.9 Å². The van der Waals surface area contributed by atoms with Gasteiger partial charge in [0.15, 0.2) is 4.34 Å². The third kappa shape index (κ3) is 3.27. The summed E-state index contributed by atoms with van der Waals surface area (Å²) in [5.41, 5.74) is 0.228. The van der Waals surface area contributed by atoms with E-state index in [9.17, 15) is 4.79 Å². The molecule has 1 N–H and O–H groups in total. The zero-order valence-corrected chi connectivity index (χ0v) is 11.3. The number of aromatic nitrogens is 3. The zero-order chi connectivity index (χ0) is 13.0. The Kier molecular flexibility index (Phi) is 4.27. The summed E-state index contributed by atoms with van der Waals surface area (Å²) in [6.07, 6.45) is 3.35. The molecule has 0 fully saturated rings. The summed E-state index contributed by atoms with van der Waals surface area (Å²) in [5.74, 6) is -0.123. The van der Waals surface area contributed by atoms with Crippen LogP contribution in [-0.4, -0.2) is 25.4 Å². The molecule has 2 rings (SSSR count). The second-order valence-corrected chi connectivity index (χ2v) is 5.54. The van der Waals surface area contributed by atoms with Gasteiger partial charge in [-0.05, 0) is 41.8 Å². The SMILES string of the molecule is CCCc1nsc(Sc2cc(C(=O)O)ccn2)n1. The molecule has 2 heterocycles. The molecule has 0 unspecified atom stereocenters. The zero-order valence-electron chi connectivity index (χ0n) is 9.66. The number of aryl methyl sites for hydroxylation is 1. The molecule has 2 aromatic rings. The molecular weight excluding hydrogens is 270 g/mol. The van der Waals surface area contributed by atoms with Gasteiger partial charge in [0.05, 0.1) is 5.56 Å². The molecule has 7 heteroatoms. The average molecular weight is 281 g/mol. The van der Waals surface area contributed by atoms with Crippen LogP contribution in [0, 0.1) is 0 Å². The Labute approximate surface area is 112 Å². The Morgan fingerprint density at radius 3 is 3.11 bits per heavy atom. The van der Waals surface area contributed by atoms with Gasteiger partial charge in [-0.15, -0.1) is 0 Å². The van der Waals surface area contributed by atoms with Gasteiger partial charge >= 0.3 is 5.97 Å². The van der Waals surface area contributed by atoms with Crippen molar-refractivity contribution in [2.24, 2.45) is 0 Å². The third-order valence-corrected chi connectivity index (χ3v) is 3.82. The second kappa shape index (κ2) is 5.92. The number of nitrogens with zero attached hydrogens (tertiary/aromatic N) is 3. The van der Waals surface area contributed by atoms with Gasteiger partial charge in [0.25, 0.3) is 0 Å². The topological polar surface area (TPSA) is 76.0 Å². The molecule has 0 atom stereocenters. The number of carbonyl (C=O) groups is 1. The lowest BCUT2D eigenvalue weighted by Gasteiger charge is -1.97. The summed E-state index contributed by atoms with van der Waals surface area (Å²) in [6.45, 7) is 2.08. The van der Waals surface area contributed by atoms with Crippen molar-refractivity contribution in [3.63, 3.8) is 0 Å². The van der Waals surface area contributed by atoms with E-state index < -0.39 is 5.97 Å². The number of aromatic carboxylic acids is 1. The van der Waals surface area contributed by atoms with E-state index in [1.54, 1.807) is 0 Å². The van der Waals surface area contributed by atoms with Crippen molar-refractivity contribution in [3.05, 3.63) is 29.7 Å². The molecule has 0 spiro atoms. The number of pyridine rings is 1. The Morgan fingerprint density at radius 1 is 1.56 bits per heavy atom. The van der Waals surface area contributed by atoms with E-state index in [1.165, 1.54) is 41.6 Å². The maximum absolute atomic E-state index is 10.8. The first-order valence-corrected chi connectivity index (χ1v) is 6.98. The summed E-state index contributed by atoms with van der Waals surface area (Å²) in [7, 11) is 0. The molecule has 0 amide bonds. The highest BCUT2D eigenvalue weighted by molar-refractivity contribution is 8.00. The van der Waals surface area contributed by atoms with E-state index >= 15 is 0 Å². The molecule has 0 aromatic carbocycles. The van der Waals surface area contributed by atoms with Gasteiger partial charge in [-0.1, -0.05) is 6.92 Å². The van der Waals surface area contributed by atoms with E-state index in [4.69, 9.17) is 5.11 Å². The highest BCUT2D eigenvalue weighted by Crippen LogP contribution is 2.27. The first kappa shape index (κ1) is 13.0. The summed E-state index contributed by atoms with van der Waals surface area (Å²) < 4.78 is 5.01. The first-order chi connectivity index (χ1) is 8.69. The quantitative estimate of drug-likeness (QED) is 0.908. The fourth-order valence-corrected chi connectivity index (χ4v) is 2.90. The number of hydrogen-bond donors (Lipinski definition) is 1. The minimum Gasteiger partial charge on any atom is -0.478 e. The molecule has 0 aliphatic heterocycles. The van der Waals surface area contributed by atoms with E-state index in [2.05, 4.69) is 21.3 Å². The molecule has 0 bridgehead atoms. The van der Waals surface area contributed by atoms with Gasteiger partial charge in [-0.2, -0.15) is 4.37 Å². The smallest absolute Gasteiger partial charge is 0.335 e. The van der Waals surface area contributed by atoms with Crippen LogP contribution in [0.15, 0.2) is 27.7 Å². The summed E-state index contributed by atoms with van der Waals surface area (Å²) >= 11 is 2.65. The Balaban J connectivity index is 2.12. The van der Waals surface area contributed by atoms with Crippen molar-refractivity contribution in [1.82, 2.24) is 14.3 Å². The molecule has 94 valence electrons. The number of hydrogen-bond acceptors (Lipinski definition) is 6. The number of carboxylic acid groups (broad SMARTS) is 1. The molecule has 5 nitrogen and oxygen atoms in total. The van der Waals surface area contributed by atoms with Crippen LogP contribution in [-0.2, 0) is 6.42 Å². The van der Waals surface area contributed by atoms with Crippen LogP contribution in [0.4, 0.5) is 0 Å². The second-order valence-electron chi connectivity index (χ2n) is 3.52. The average Bonchev–Trinajstić information content (AvgIpc) is 2.77. The van der Waals surface area contributed by atoms with Gasteiger partial charge in [0.2, 0.25) is 0 Å². The largest absolute Gasteiger partial charge is 0.478 e. The maximum atomic E-state index is 10.8. The predicted molar refractivity (Wildman–Crippen MR) is 69.2 cm³/mol. The van der Waals surface area contributed by atoms with E-state index in [0.717, 1.165) is 23.0 Å². The van der Waals surface area contributed by atoms with Crippen LogP contribution in [0.3, 0.4) is 0 Å². The lowest BCUT2D eigenvalue weighted by molar-refractivity contribution is 0.0696. The minimum absolute atomic E-state index is 0.228. The first-order valence-electron chi connectivity index (χ1n) is 5.39. The predicted octanol–water partition coefficient (Wildman–Crippen LogP) is 2.74. The normalized spacial score (nSPS) is 10.5. The maximum Gasteiger partial charge on any atom is 0.335 e. The molecule has 0 saturated carbocycles. The van der Waals surface area contributed by atoms with Crippen molar-refractivity contribution in [3.8, 4) is 0 Å². The molecular formula is C11H11N3O2S2. The molecule has 0 saturated heterocycles. The van der Waals surface area contributed by atoms with Gasteiger partial charge in [-0.25, -0.2) is 14.8 Å². The highest BCUT2D eigenvalue weighted by Gasteiger charge is 2.09. The van der Waals surface area contributed by atoms with Crippen molar-refractivity contribution in [2.45, 2.75) is 29.1 Å². The highest BCUT2D eigenvalue weighted by atomic mass is 32.2. The summed E-state index contributed by atoms with van der Waals surface area (Å²) in [4.78, 5) is 19.3. The molecule has 0 aliphatic rings. The molecule has 0 aliphatic carbocycles. The van der Waals surface area contributed by atoms with E-state index in [1.807, 2.05) is 0 Å². The van der Waals surface area contributed by atoms with Crippen molar-refractivity contribution >= 4 is 29.3 Å². The van der Waals surface area contributed by atoms with Crippen LogP contribution < -0.4 is 0 Å². The standard InChI is InChI=1S/C11H11N3O2S2/c1-2-3-8-13-11(18-14-8)17-9-6-7(10(15)16)4-5-12-9/h4-6H,2-3H2,1H3,(H,15,16). The number of rotatable bonds is 5. The van der Waals surface area contributed by atoms with Crippen LogP contribution in [0.5, 0.6) is 0 Å². The monoisotopic (exact) mass is 281 g/mol.